The zero-order chi connectivity index (χ0) is 21.6. The Hall–Kier alpha value is -2.69. The Morgan fingerprint density at radius 3 is 2.60 bits per heavy atom. The SMILES string of the molecule is CCCC(=O)N1CCC[C@](Cc2ccccc2-c2ccncc2)(C(=O)NC(C)C)C1. The maximum atomic E-state index is 13.4. The largest absolute Gasteiger partial charge is 0.353 e. The standard InChI is InChI=1S/C25H33N3O2/c1-4-8-23(29)28-16-7-13-25(18-28,24(30)27-19(2)3)17-21-9-5-6-10-22(21)20-11-14-26-15-12-20/h5-6,9-12,14-15,19H,4,7-8,13,16-18H2,1-3H3,(H,27,30)/t25-/m1/s1. The quantitative estimate of drug-likeness (QED) is 0.747. The minimum absolute atomic E-state index is 0.0519. The van der Waals surface area contributed by atoms with Crippen LogP contribution in [-0.2, 0) is 16.0 Å². The molecule has 5 heteroatoms. The summed E-state index contributed by atoms with van der Waals surface area (Å²) in [6.45, 7) is 7.21. The van der Waals surface area contributed by atoms with Gasteiger partial charge in [-0.3, -0.25) is 14.6 Å². The molecule has 1 aliphatic rings. The molecule has 1 fully saturated rings. The average Bonchev–Trinajstić information content (AvgIpc) is 2.74. The van der Waals surface area contributed by atoms with Gasteiger partial charge in [0.1, 0.15) is 0 Å². The van der Waals surface area contributed by atoms with Crippen molar-refractivity contribution in [3.05, 3.63) is 54.4 Å². The van der Waals surface area contributed by atoms with Crippen LogP contribution < -0.4 is 5.32 Å². The van der Waals surface area contributed by atoms with Crippen LogP contribution >= 0.6 is 0 Å². The first-order valence-electron chi connectivity index (χ1n) is 11.0. The number of benzene rings is 1. The fourth-order valence-corrected chi connectivity index (χ4v) is 4.39. The average molecular weight is 408 g/mol. The second-order valence-corrected chi connectivity index (χ2v) is 8.65. The van der Waals surface area contributed by atoms with E-state index < -0.39 is 5.41 Å². The molecule has 1 atom stereocenters. The molecular weight excluding hydrogens is 374 g/mol. The van der Waals surface area contributed by atoms with Crippen molar-refractivity contribution < 1.29 is 9.59 Å². The molecule has 2 aromatic rings. The number of piperidine rings is 1. The van der Waals surface area contributed by atoms with Gasteiger partial charge in [-0.05, 0) is 68.4 Å². The molecule has 2 amide bonds. The van der Waals surface area contributed by atoms with Crippen molar-refractivity contribution in [2.24, 2.45) is 5.41 Å². The van der Waals surface area contributed by atoms with Crippen molar-refractivity contribution in [1.29, 1.82) is 0 Å². The lowest BCUT2D eigenvalue weighted by molar-refractivity contribution is -0.142. The number of likely N-dealkylation sites (tertiary alicyclic amines) is 1. The fraction of sp³-hybridized carbons (Fsp3) is 0.480. The molecule has 1 saturated heterocycles. The highest BCUT2D eigenvalue weighted by Gasteiger charge is 2.43. The number of nitrogens with one attached hydrogen (secondary N) is 1. The Balaban J connectivity index is 1.97. The topological polar surface area (TPSA) is 62.3 Å². The van der Waals surface area contributed by atoms with Crippen LogP contribution in [0, 0.1) is 5.41 Å². The maximum absolute atomic E-state index is 13.4. The Labute approximate surface area is 179 Å². The third-order valence-corrected chi connectivity index (χ3v) is 5.83. The molecule has 0 bridgehead atoms. The Morgan fingerprint density at radius 1 is 1.17 bits per heavy atom. The lowest BCUT2D eigenvalue weighted by Crippen LogP contribution is -2.55. The summed E-state index contributed by atoms with van der Waals surface area (Å²) in [7, 11) is 0. The molecule has 0 spiro atoms. The normalized spacial score (nSPS) is 19.0. The first-order valence-corrected chi connectivity index (χ1v) is 11.0. The molecule has 160 valence electrons. The van der Waals surface area contributed by atoms with Crippen LogP contribution in [0.5, 0.6) is 0 Å². The van der Waals surface area contributed by atoms with E-state index in [9.17, 15) is 9.59 Å². The van der Waals surface area contributed by atoms with Crippen LogP contribution in [0.2, 0.25) is 0 Å². The van der Waals surface area contributed by atoms with Gasteiger partial charge in [0.15, 0.2) is 0 Å². The lowest BCUT2D eigenvalue weighted by Gasteiger charge is -2.42. The van der Waals surface area contributed by atoms with E-state index in [1.54, 1.807) is 12.4 Å². The van der Waals surface area contributed by atoms with E-state index in [1.165, 1.54) is 0 Å². The van der Waals surface area contributed by atoms with E-state index in [0.29, 0.717) is 19.4 Å². The van der Waals surface area contributed by atoms with Gasteiger partial charge in [-0.1, -0.05) is 31.2 Å². The van der Waals surface area contributed by atoms with Gasteiger partial charge < -0.3 is 10.2 Å². The zero-order valence-corrected chi connectivity index (χ0v) is 18.4. The zero-order valence-electron chi connectivity index (χ0n) is 18.4. The summed E-state index contributed by atoms with van der Waals surface area (Å²) in [5.74, 6) is 0.206. The van der Waals surface area contributed by atoms with Crippen LogP contribution in [0.25, 0.3) is 11.1 Å². The second-order valence-electron chi connectivity index (χ2n) is 8.65. The maximum Gasteiger partial charge on any atom is 0.228 e. The number of pyridine rings is 1. The van der Waals surface area contributed by atoms with Crippen LogP contribution in [0.1, 0.15) is 52.0 Å². The van der Waals surface area contributed by atoms with Gasteiger partial charge in [-0.15, -0.1) is 0 Å². The Morgan fingerprint density at radius 2 is 1.90 bits per heavy atom. The molecule has 1 aliphatic heterocycles. The first kappa shape index (κ1) is 22.0. The van der Waals surface area contributed by atoms with Crippen LogP contribution in [0.4, 0.5) is 0 Å². The molecule has 1 N–H and O–H groups in total. The number of aromatic nitrogens is 1. The summed E-state index contributed by atoms with van der Waals surface area (Å²) in [5.41, 5.74) is 2.73. The minimum Gasteiger partial charge on any atom is -0.353 e. The highest BCUT2D eigenvalue weighted by molar-refractivity contribution is 5.85. The first-order chi connectivity index (χ1) is 14.4. The number of rotatable bonds is 7. The van der Waals surface area contributed by atoms with E-state index in [0.717, 1.165) is 42.5 Å². The van der Waals surface area contributed by atoms with Gasteiger partial charge in [-0.25, -0.2) is 0 Å². The third kappa shape index (κ3) is 5.07. The summed E-state index contributed by atoms with van der Waals surface area (Å²) in [4.78, 5) is 32.1. The van der Waals surface area contributed by atoms with Crippen molar-refractivity contribution in [1.82, 2.24) is 15.2 Å². The highest BCUT2D eigenvalue weighted by Crippen LogP contribution is 2.37. The Kier molecular flexibility index (Phi) is 7.24. The molecule has 0 radical (unpaired) electrons. The van der Waals surface area contributed by atoms with Crippen LogP contribution in [0.15, 0.2) is 48.8 Å². The molecule has 2 heterocycles. The van der Waals surface area contributed by atoms with Gasteiger partial charge >= 0.3 is 0 Å². The summed E-state index contributed by atoms with van der Waals surface area (Å²) in [5, 5.41) is 3.14. The molecule has 1 aromatic heterocycles. The molecule has 0 aliphatic carbocycles. The molecule has 5 nitrogen and oxygen atoms in total. The predicted octanol–water partition coefficient (Wildman–Crippen LogP) is 4.22. The summed E-state index contributed by atoms with van der Waals surface area (Å²) < 4.78 is 0. The van der Waals surface area contributed by atoms with Crippen molar-refractivity contribution >= 4 is 11.8 Å². The smallest absolute Gasteiger partial charge is 0.228 e. The van der Waals surface area contributed by atoms with Crippen molar-refractivity contribution in [3.8, 4) is 11.1 Å². The summed E-state index contributed by atoms with van der Waals surface area (Å²) >= 11 is 0. The van der Waals surface area contributed by atoms with Gasteiger partial charge in [0, 0.05) is 37.9 Å². The molecule has 1 aromatic carbocycles. The molecule has 0 saturated carbocycles. The summed E-state index contributed by atoms with van der Waals surface area (Å²) in [6.07, 6.45) is 7.18. The number of carbonyl (C=O) groups excluding carboxylic acids is 2. The van der Waals surface area contributed by atoms with Crippen molar-refractivity contribution in [2.45, 2.75) is 58.9 Å². The van der Waals surface area contributed by atoms with Gasteiger partial charge in [0.2, 0.25) is 11.8 Å². The Bertz CT molecular complexity index is 866. The summed E-state index contributed by atoms with van der Waals surface area (Å²) in [6, 6.07) is 12.3. The number of carbonyl (C=O) groups is 2. The monoisotopic (exact) mass is 407 g/mol. The van der Waals surface area contributed by atoms with E-state index in [-0.39, 0.29) is 17.9 Å². The van der Waals surface area contributed by atoms with E-state index in [1.807, 2.05) is 49.9 Å². The van der Waals surface area contributed by atoms with Crippen LogP contribution in [0.3, 0.4) is 0 Å². The molecular formula is C25H33N3O2. The van der Waals surface area contributed by atoms with E-state index in [2.05, 4.69) is 22.4 Å². The van der Waals surface area contributed by atoms with E-state index in [4.69, 9.17) is 0 Å². The molecule has 3 rings (SSSR count). The molecule has 0 unspecified atom stereocenters. The van der Waals surface area contributed by atoms with Gasteiger partial charge in [0.25, 0.3) is 0 Å². The van der Waals surface area contributed by atoms with Crippen LogP contribution in [-0.4, -0.2) is 40.8 Å². The predicted molar refractivity (Wildman–Crippen MR) is 120 cm³/mol. The number of hydrogen-bond acceptors (Lipinski definition) is 3. The molecule has 30 heavy (non-hydrogen) atoms. The number of hydrogen-bond donors (Lipinski definition) is 1. The second kappa shape index (κ2) is 9.88. The fourth-order valence-electron chi connectivity index (χ4n) is 4.39. The van der Waals surface area contributed by atoms with E-state index >= 15 is 0 Å². The minimum atomic E-state index is -0.616. The van der Waals surface area contributed by atoms with Gasteiger partial charge in [-0.2, -0.15) is 0 Å². The third-order valence-electron chi connectivity index (χ3n) is 5.83. The van der Waals surface area contributed by atoms with Crippen molar-refractivity contribution in [2.75, 3.05) is 13.1 Å². The lowest BCUT2D eigenvalue weighted by atomic mass is 9.73. The number of nitrogens with zero attached hydrogens (tertiary/aromatic N) is 2. The number of amides is 2. The highest BCUT2D eigenvalue weighted by atomic mass is 16.2. The van der Waals surface area contributed by atoms with Crippen molar-refractivity contribution in [3.63, 3.8) is 0 Å². The van der Waals surface area contributed by atoms with Gasteiger partial charge in [0.05, 0.1) is 5.41 Å².